The summed E-state index contributed by atoms with van der Waals surface area (Å²) in [6, 6.07) is 1.90. The van der Waals surface area contributed by atoms with Gasteiger partial charge in [-0.15, -0.1) is 0 Å². The number of rotatable bonds is 5. The van der Waals surface area contributed by atoms with Crippen molar-refractivity contribution in [1.82, 2.24) is 15.1 Å². The molecule has 2 saturated carbocycles. The number of carbonyl (C=O) groups excluding carboxylic acids is 1. The zero-order chi connectivity index (χ0) is 21.9. The van der Waals surface area contributed by atoms with Gasteiger partial charge < -0.3 is 19.9 Å². The first-order valence-corrected chi connectivity index (χ1v) is 12.0. The largest absolute Gasteiger partial charge is 0.379 e. The number of nitrogens with zero attached hydrogens (tertiary/aromatic N) is 2. The summed E-state index contributed by atoms with van der Waals surface area (Å²) in [5.74, 6) is 0.925. The van der Waals surface area contributed by atoms with Crippen LogP contribution in [-0.4, -0.2) is 74.2 Å². The summed E-state index contributed by atoms with van der Waals surface area (Å²) >= 11 is 0. The summed E-state index contributed by atoms with van der Waals surface area (Å²) in [7, 11) is 3.03. The number of nitrogens with one attached hydrogen (secondary N) is 1. The molecule has 0 spiro atoms. The van der Waals surface area contributed by atoms with E-state index >= 15 is 0 Å². The fraction of sp³-hybridized carbons (Fsp3) is 0.957. The minimum Gasteiger partial charge on any atom is -0.379 e. The van der Waals surface area contributed by atoms with Gasteiger partial charge in [0.1, 0.15) is 6.61 Å². The molecule has 5 nitrogen and oxygen atoms in total. The first-order chi connectivity index (χ1) is 14.5. The van der Waals surface area contributed by atoms with E-state index in [1.54, 1.807) is 7.05 Å². The van der Waals surface area contributed by atoms with Gasteiger partial charge in [-0.3, -0.25) is 0 Å². The molecule has 3 rings (SSSR count). The lowest BCUT2D eigenvalue weighted by Crippen LogP contribution is -2.55. The second kappa shape index (κ2) is 13.5. The molecule has 0 bridgehead atoms. The average Bonchev–Trinajstić information content (AvgIpc) is 2.76. The number of hydrogen-bond acceptors (Lipinski definition) is 3. The van der Waals surface area contributed by atoms with Crippen molar-refractivity contribution in [2.45, 2.75) is 102 Å². The molecule has 0 radical (unpaired) electrons. The summed E-state index contributed by atoms with van der Waals surface area (Å²) in [6.07, 6.45) is 11.9. The fourth-order valence-corrected chi connectivity index (χ4v) is 5.38. The second-order valence-electron chi connectivity index (χ2n) is 9.28. The van der Waals surface area contributed by atoms with E-state index in [2.05, 4.69) is 26.8 Å². The molecule has 0 aromatic carbocycles. The Labute approximate surface area is 181 Å². The number of piperidine rings is 1. The van der Waals surface area contributed by atoms with Gasteiger partial charge in [0.05, 0.1) is 0 Å². The third-order valence-electron chi connectivity index (χ3n) is 7.10. The Balaban J connectivity index is 0.000000469. The van der Waals surface area contributed by atoms with Gasteiger partial charge in [0.15, 0.2) is 0 Å². The number of ether oxygens (including phenoxy) is 1. The average molecular weight is 432 g/mol. The molecule has 1 heterocycles. The van der Waals surface area contributed by atoms with Crippen molar-refractivity contribution in [1.29, 1.82) is 0 Å². The van der Waals surface area contributed by atoms with Crippen LogP contribution in [0.25, 0.3) is 0 Å². The minimum atomic E-state index is -2.32. The summed E-state index contributed by atoms with van der Waals surface area (Å²) in [5, 5.41) is 2.91. The first kappa shape index (κ1) is 25.3. The number of urea groups is 1. The SMILES string of the molecule is CNC(=O)N(C1CCCCC1)C1CCN(C2CCC(C)CC2)CC1.COCC(F)F. The number of methoxy groups -OCH3 is 1. The molecule has 0 unspecified atom stereocenters. The molecule has 2 aliphatic carbocycles. The zero-order valence-electron chi connectivity index (χ0n) is 19.3. The van der Waals surface area contributed by atoms with Crippen LogP contribution in [-0.2, 0) is 4.74 Å². The number of hydrogen-bond donors (Lipinski definition) is 1. The maximum absolute atomic E-state index is 12.5. The summed E-state index contributed by atoms with van der Waals surface area (Å²) in [4.78, 5) is 17.5. The monoisotopic (exact) mass is 431 g/mol. The predicted octanol–water partition coefficient (Wildman–Crippen LogP) is 4.90. The van der Waals surface area contributed by atoms with Crippen LogP contribution in [0.5, 0.6) is 0 Å². The van der Waals surface area contributed by atoms with Crippen molar-refractivity contribution in [2.24, 2.45) is 5.92 Å². The van der Waals surface area contributed by atoms with Crippen molar-refractivity contribution < 1.29 is 18.3 Å². The van der Waals surface area contributed by atoms with Crippen molar-refractivity contribution in [3.63, 3.8) is 0 Å². The van der Waals surface area contributed by atoms with Gasteiger partial charge in [-0.1, -0.05) is 26.2 Å². The Morgan fingerprint density at radius 2 is 1.57 bits per heavy atom. The van der Waals surface area contributed by atoms with E-state index in [-0.39, 0.29) is 6.03 Å². The molecule has 176 valence electrons. The fourth-order valence-electron chi connectivity index (χ4n) is 5.38. The molecular weight excluding hydrogens is 388 g/mol. The standard InChI is InChI=1S/C20H37N3O.C3H6F2O/c1-16-8-10-17(11-9-16)22-14-12-19(13-15-22)23(20(24)21-2)18-6-4-3-5-7-18;1-6-2-3(4)5/h16-19H,3-15H2,1-2H3,(H,21,24);3H,2H2,1H3. The number of halogens is 2. The van der Waals surface area contributed by atoms with E-state index < -0.39 is 13.0 Å². The number of amides is 2. The molecule has 1 aliphatic heterocycles. The maximum Gasteiger partial charge on any atom is 0.317 e. The molecular formula is C23H43F2N3O2. The van der Waals surface area contributed by atoms with Crippen LogP contribution < -0.4 is 5.32 Å². The first-order valence-electron chi connectivity index (χ1n) is 12.0. The lowest BCUT2D eigenvalue weighted by Gasteiger charge is -2.46. The minimum absolute atomic E-state index is 0.159. The zero-order valence-corrected chi connectivity index (χ0v) is 19.3. The number of alkyl halides is 2. The van der Waals surface area contributed by atoms with Gasteiger partial charge in [0, 0.05) is 45.4 Å². The molecule has 2 amide bonds. The highest BCUT2D eigenvalue weighted by molar-refractivity contribution is 5.74. The highest BCUT2D eigenvalue weighted by Crippen LogP contribution is 2.32. The summed E-state index contributed by atoms with van der Waals surface area (Å²) in [5.41, 5.74) is 0. The number of carbonyl (C=O) groups is 1. The smallest absolute Gasteiger partial charge is 0.317 e. The third-order valence-corrected chi connectivity index (χ3v) is 7.10. The second-order valence-corrected chi connectivity index (χ2v) is 9.28. The van der Waals surface area contributed by atoms with Gasteiger partial charge in [0.2, 0.25) is 0 Å². The van der Waals surface area contributed by atoms with Crippen LogP contribution >= 0.6 is 0 Å². The molecule has 0 atom stereocenters. The predicted molar refractivity (Wildman–Crippen MR) is 117 cm³/mol. The molecule has 1 saturated heterocycles. The van der Waals surface area contributed by atoms with Crippen LogP contribution in [0.3, 0.4) is 0 Å². The van der Waals surface area contributed by atoms with Crippen molar-refractivity contribution >= 4 is 6.03 Å². The molecule has 3 aliphatic rings. The van der Waals surface area contributed by atoms with Crippen LogP contribution in [0.1, 0.15) is 77.6 Å². The van der Waals surface area contributed by atoms with Gasteiger partial charge in [-0.25, -0.2) is 13.6 Å². The third kappa shape index (κ3) is 7.95. The number of likely N-dealkylation sites (tertiary alicyclic amines) is 1. The quantitative estimate of drug-likeness (QED) is 0.673. The molecule has 3 fully saturated rings. The van der Waals surface area contributed by atoms with E-state index in [4.69, 9.17) is 0 Å². The van der Waals surface area contributed by atoms with Gasteiger partial charge in [0.25, 0.3) is 6.43 Å². The molecule has 1 N–H and O–H groups in total. The molecule has 0 aromatic heterocycles. The Bertz CT molecular complexity index is 473. The Kier molecular flexibility index (Phi) is 11.4. The van der Waals surface area contributed by atoms with Crippen molar-refractivity contribution in [3.05, 3.63) is 0 Å². The van der Waals surface area contributed by atoms with E-state index in [0.29, 0.717) is 12.1 Å². The van der Waals surface area contributed by atoms with Crippen LogP contribution in [0.2, 0.25) is 0 Å². The van der Waals surface area contributed by atoms with Crippen molar-refractivity contribution in [3.8, 4) is 0 Å². The molecule has 7 heteroatoms. The normalized spacial score (nSPS) is 26.7. The topological polar surface area (TPSA) is 44.8 Å². The van der Waals surface area contributed by atoms with Gasteiger partial charge in [-0.2, -0.15) is 0 Å². The van der Waals surface area contributed by atoms with Crippen LogP contribution in [0, 0.1) is 5.92 Å². The van der Waals surface area contributed by atoms with Crippen LogP contribution in [0.4, 0.5) is 13.6 Å². The highest BCUT2D eigenvalue weighted by Gasteiger charge is 2.35. The lowest BCUT2D eigenvalue weighted by atomic mass is 9.85. The summed E-state index contributed by atoms with van der Waals surface area (Å²) in [6.45, 7) is 4.31. The molecule has 0 aromatic rings. The molecule has 30 heavy (non-hydrogen) atoms. The highest BCUT2D eigenvalue weighted by atomic mass is 19.3. The van der Waals surface area contributed by atoms with Crippen molar-refractivity contribution in [2.75, 3.05) is 33.9 Å². The van der Waals surface area contributed by atoms with Crippen LogP contribution in [0.15, 0.2) is 0 Å². The van der Waals surface area contributed by atoms with E-state index in [1.165, 1.54) is 78.0 Å². The lowest BCUT2D eigenvalue weighted by molar-refractivity contribution is 0.0425. The Morgan fingerprint density at radius 1 is 1.00 bits per heavy atom. The summed E-state index contributed by atoms with van der Waals surface area (Å²) < 4.78 is 25.9. The van der Waals surface area contributed by atoms with Gasteiger partial charge >= 0.3 is 6.03 Å². The Hall–Kier alpha value is -0.950. The maximum atomic E-state index is 12.5. The van der Waals surface area contributed by atoms with E-state index in [1.807, 2.05) is 0 Å². The van der Waals surface area contributed by atoms with Gasteiger partial charge in [-0.05, 0) is 57.3 Å². The Morgan fingerprint density at radius 3 is 2.03 bits per heavy atom. The van der Waals surface area contributed by atoms with E-state index in [9.17, 15) is 13.6 Å². The van der Waals surface area contributed by atoms with E-state index in [0.717, 1.165) is 24.8 Å².